The van der Waals surface area contributed by atoms with Crippen LogP contribution in [0.5, 0.6) is 0 Å². The molecule has 0 spiro atoms. The fourth-order valence-corrected chi connectivity index (χ4v) is 3.91. The van der Waals surface area contributed by atoms with Crippen molar-refractivity contribution < 1.29 is 9.53 Å². The second-order valence-corrected chi connectivity index (χ2v) is 7.23. The molecule has 0 atom stereocenters. The molecule has 2 aromatic carbocycles. The molecule has 1 fully saturated rings. The van der Waals surface area contributed by atoms with Crippen LogP contribution in [0.25, 0.3) is 16.6 Å². The summed E-state index contributed by atoms with van der Waals surface area (Å²) < 4.78 is 6.92. The number of pyridine rings is 1. The molecule has 4 rings (SSSR count). The summed E-state index contributed by atoms with van der Waals surface area (Å²) in [5, 5.41) is 0.878. The van der Waals surface area contributed by atoms with Crippen LogP contribution in [-0.2, 0) is 4.74 Å². The van der Waals surface area contributed by atoms with E-state index in [0.29, 0.717) is 5.69 Å². The molecule has 0 amide bonds. The fourth-order valence-electron chi connectivity index (χ4n) is 3.91. The first kappa shape index (κ1) is 19.2. The van der Waals surface area contributed by atoms with Crippen LogP contribution < -0.4 is 10.5 Å². The number of rotatable bonds is 4. The summed E-state index contributed by atoms with van der Waals surface area (Å²) in [6, 6.07) is 17.2. The van der Waals surface area contributed by atoms with Gasteiger partial charge in [0.1, 0.15) is 5.56 Å². The minimum atomic E-state index is -0.568. The molecule has 150 valence electrons. The van der Waals surface area contributed by atoms with Crippen molar-refractivity contribution in [1.29, 1.82) is 0 Å². The smallest absolute Gasteiger partial charge is 0.345 e. The Hall–Kier alpha value is -3.12. The summed E-state index contributed by atoms with van der Waals surface area (Å²) in [5.41, 5.74) is 1.96. The Morgan fingerprint density at radius 3 is 2.31 bits per heavy atom. The van der Waals surface area contributed by atoms with Gasteiger partial charge in [-0.05, 0) is 32.2 Å². The van der Waals surface area contributed by atoms with Crippen LogP contribution in [0.2, 0.25) is 0 Å². The van der Waals surface area contributed by atoms with Gasteiger partial charge in [-0.25, -0.2) is 4.79 Å². The Kier molecular flexibility index (Phi) is 5.36. The monoisotopic (exact) mass is 391 g/mol. The van der Waals surface area contributed by atoms with E-state index >= 15 is 0 Å². The highest BCUT2D eigenvalue weighted by atomic mass is 16.5. The lowest BCUT2D eigenvalue weighted by Gasteiger charge is -2.35. The third-order valence-corrected chi connectivity index (χ3v) is 5.37. The first-order valence-electron chi connectivity index (χ1n) is 9.95. The molecule has 1 saturated heterocycles. The molecule has 6 nitrogen and oxygen atoms in total. The van der Waals surface area contributed by atoms with E-state index in [2.05, 4.69) is 16.8 Å². The number of ether oxygens (including phenoxy) is 1. The molecule has 2 heterocycles. The number of piperazine rings is 1. The first-order valence-corrected chi connectivity index (χ1v) is 9.95. The number of fused-ring (bicyclic) bond motifs is 1. The van der Waals surface area contributed by atoms with Crippen molar-refractivity contribution in [3.63, 3.8) is 0 Å². The molecule has 1 aliphatic heterocycles. The number of para-hydroxylation sites is 2. The van der Waals surface area contributed by atoms with Crippen molar-refractivity contribution in [2.24, 2.45) is 0 Å². The number of carbonyl (C=O) groups excluding carboxylic acids is 1. The second kappa shape index (κ2) is 8.09. The average Bonchev–Trinajstić information content (AvgIpc) is 2.74. The largest absolute Gasteiger partial charge is 0.462 e. The van der Waals surface area contributed by atoms with Crippen LogP contribution in [0.4, 0.5) is 5.69 Å². The van der Waals surface area contributed by atoms with Gasteiger partial charge >= 0.3 is 5.97 Å². The van der Waals surface area contributed by atoms with Gasteiger partial charge in [0.25, 0.3) is 5.56 Å². The minimum Gasteiger partial charge on any atom is -0.462 e. The number of nitrogens with zero attached hydrogens (tertiary/aromatic N) is 3. The lowest BCUT2D eigenvalue weighted by molar-refractivity contribution is 0.0524. The SMILES string of the molecule is CCOC(=O)c1c(N2CCN(C)CC2)c2ccccc2n(-c2ccccc2)c1=O. The Morgan fingerprint density at radius 1 is 0.966 bits per heavy atom. The molecule has 0 N–H and O–H groups in total. The van der Waals surface area contributed by atoms with Gasteiger partial charge in [0, 0.05) is 37.3 Å². The van der Waals surface area contributed by atoms with Gasteiger partial charge in [-0.3, -0.25) is 9.36 Å². The van der Waals surface area contributed by atoms with Crippen LogP contribution in [0.15, 0.2) is 59.4 Å². The zero-order chi connectivity index (χ0) is 20.4. The number of hydrogen-bond acceptors (Lipinski definition) is 5. The molecule has 29 heavy (non-hydrogen) atoms. The Bertz CT molecular complexity index is 1080. The Morgan fingerprint density at radius 2 is 1.62 bits per heavy atom. The molecule has 0 aliphatic carbocycles. The molecule has 6 heteroatoms. The molecule has 0 radical (unpaired) electrons. The molecule has 0 bridgehead atoms. The van der Waals surface area contributed by atoms with Crippen LogP contribution >= 0.6 is 0 Å². The summed E-state index contributed by atoms with van der Waals surface area (Å²) >= 11 is 0. The predicted octanol–water partition coefficient (Wildman–Crippen LogP) is 2.92. The van der Waals surface area contributed by atoms with Gasteiger partial charge in [0.2, 0.25) is 0 Å². The van der Waals surface area contributed by atoms with Gasteiger partial charge in [0.05, 0.1) is 17.8 Å². The number of likely N-dealkylation sites (N-methyl/N-ethyl adjacent to an activating group) is 1. The molecule has 0 unspecified atom stereocenters. The first-order chi connectivity index (χ1) is 14.1. The van der Waals surface area contributed by atoms with E-state index in [1.807, 2.05) is 54.6 Å². The minimum absolute atomic E-state index is 0.110. The van der Waals surface area contributed by atoms with Crippen molar-refractivity contribution in [3.05, 3.63) is 70.5 Å². The molecule has 0 saturated carbocycles. The van der Waals surface area contributed by atoms with Gasteiger partial charge < -0.3 is 14.5 Å². The van der Waals surface area contributed by atoms with Crippen molar-refractivity contribution in [3.8, 4) is 5.69 Å². The third-order valence-electron chi connectivity index (χ3n) is 5.37. The highest BCUT2D eigenvalue weighted by Gasteiger charge is 2.28. The van der Waals surface area contributed by atoms with E-state index in [9.17, 15) is 9.59 Å². The summed E-state index contributed by atoms with van der Waals surface area (Å²) in [7, 11) is 2.08. The van der Waals surface area contributed by atoms with Crippen LogP contribution in [0, 0.1) is 0 Å². The quantitative estimate of drug-likeness (QED) is 0.640. The lowest BCUT2D eigenvalue weighted by atomic mass is 10.1. The van der Waals surface area contributed by atoms with Crippen LogP contribution in [0.3, 0.4) is 0 Å². The highest BCUT2D eigenvalue weighted by molar-refractivity contribution is 6.06. The van der Waals surface area contributed by atoms with Crippen molar-refractivity contribution in [2.45, 2.75) is 6.92 Å². The summed E-state index contributed by atoms with van der Waals surface area (Å²) in [4.78, 5) is 31.0. The number of carbonyl (C=O) groups is 1. The topological polar surface area (TPSA) is 54.8 Å². The van der Waals surface area contributed by atoms with Gasteiger partial charge in [-0.15, -0.1) is 0 Å². The highest BCUT2D eigenvalue weighted by Crippen LogP contribution is 2.31. The maximum atomic E-state index is 13.7. The number of aromatic nitrogens is 1. The molecule has 1 aliphatic rings. The Balaban J connectivity index is 2.05. The maximum absolute atomic E-state index is 13.7. The number of anilines is 1. The van der Waals surface area contributed by atoms with Crippen molar-refractivity contribution >= 4 is 22.6 Å². The van der Waals surface area contributed by atoms with E-state index in [1.54, 1.807) is 11.5 Å². The molecule has 1 aromatic heterocycles. The predicted molar refractivity (Wildman–Crippen MR) is 115 cm³/mol. The van der Waals surface area contributed by atoms with E-state index in [4.69, 9.17) is 4.74 Å². The number of benzene rings is 2. The lowest BCUT2D eigenvalue weighted by Crippen LogP contribution is -2.46. The summed E-state index contributed by atoms with van der Waals surface area (Å²) in [5.74, 6) is -0.568. The van der Waals surface area contributed by atoms with E-state index in [1.165, 1.54) is 0 Å². The maximum Gasteiger partial charge on any atom is 0.345 e. The van der Waals surface area contributed by atoms with Gasteiger partial charge in [0.15, 0.2) is 0 Å². The molecular formula is C23H25N3O3. The summed E-state index contributed by atoms with van der Waals surface area (Å²) in [6.07, 6.45) is 0. The fraction of sp³-hybridized carbons (Fsp3) is 0.304. The third kappa shape index (κ3) is 3.51. The average molecular weight is 391 g/mol. The van der Waals surface area contributed by atoms with E-state index in [0.717, 1.165) is 42.8 Å². The van der Waals surface area contributed by atoms with E-state index in [-0.39, 0.29) is 17.7 Å². The number of hydrogen-bond donors (Lipinski definition) is 0. The molecular weight excluding hydrogens is 366 g/mol. The standard InChI is InChI=1S/C23H25N3O3/c1-3-29-23(28)20-21(25-15-13-24(2)14-16-25)18-11-7-8-12-19(18)26(22(20)27)17-9-5-4-6-10-17/h4-12H,3,13-16H2,1-2H3. The van der Waals surface area contributed by atoms with Gasteiger partial charge in [-0.1, -0.05) is 36.4 Å². The van der Waals surface area contributed by atoms with Crippen LogP contribution in [0.1, 0.15) is 17.3 Å². The van der Waals surface area contributed by atoms with Gasteiger partial charge in [-0.2, -0.15) is 0 Å². The second-order valence-electron chi connectivity index (χ2n) is 7.23. The van der Waals surface area contributed by atoms with E-state index < -0.39 is 5.97 Å². The van der Waals surface area contributed by atoms with Crippen molar-refractivity contribution in [1.82, 2.24) is 9.47 Å². The Labute approximate surface area is 169 Å². The zero-order valence-electron chi connectivity index (χ0n) is 16.8. The normalized spacial score (nSPS) is 14.9. The number of esters is 1. The zero-order valence-corrected chi connectivity index (χ0v) is 16.8. The van der Waals surface area contributed by atoms with Crippen LogP contribution in [-0.4, -0.2) is 55.3 Å². The summed E-state index contributed by atoms with van der Waals surface area (Å²) in [6.45, 7) is 5.23. The molecule has 3 aromatic rings. The van der Waals surface area contributed by atoms with Crippen molar-refractivity contribution in [2.75, 3.05) is 44.7 Å².